The Morgan fingerprint density at radius 3 is 2.69 bits per heavy atom. The van der Waals surface area contributed by atoms with Crippen molar-refractivity contribution in [3.05, 3.63) is 62.6 Å². The largest absolute Gasteiger partial charge is 0.493 e. The minimum atomic E-state index is 0.193. The number of benzene rings is 2. The molecule has 1 N–H and O–H groups in total. The first-order valence-corrected chi connectivity index (χ1v) is 9.85. The molecule has 1 aliphatic carbocycles. The summed E-state index contributed by atoms with van der Waals surface area (Å²) in [5, 5.41) is 4.58. The lowest BCUT2D eigenvalue weighted by Crippen LogP contribution is -2.29. The van der Waals surface area contributed by atoms with Gasteiger partial charge in [0.05, 0.1) is 24.7 Å². The van der Waals surface area contributed by atoms with E-state index in [-0.39, 0.29) is 6.04 Å². The van der Waals surface area contributed by atoms with Gasteiger partial charge in [0.2, 0.25) is 0 Å². The molecule has 0 radical (unpaired) electrons. The highest BCUT2D eigenvalue weighted by atomic mass is 79.9. The molecular weight excluding hydrogens is 414 g/mol. The highest BCUT2D eigenvalue weighted by molar-refractivity contribution is 9.10. The molecule has 136 valence electrons. The summed E-state index contributed by atoms with van der Waals surface area (Å²) in [7, 11) is 3.32. The van der Waals surface area contributed by atoms with E-state index in [4.69, 9.17) is 21.1 Å². The Kier molecular flexibility index (Phi) is 4.66. The molecule has 3 nitrogen and oxygen atoms in total. The third kappa shape index (κ3) is 2.80. The highest BCUT2D eigenvalue weighted by Crippen LogP contribution is 2.52. The third-order valence-electron chi connectivity index (χ3n) is 5.45. The zero-order chi connectivity index (χ0) is 18.4. The number of anilines is 1. The van der Waals surface area contributed by atoms with Gasteiger partial charge in [-0.2, -0.15) is 0 Å². The summed E-state index contributed by atoms with van der Waals surface area (Å²) in [6.45, 7) is 2.11. The molecule has 2 aromatic carbocycles. The van der Waals surface area contributed by atoms with E-state index >= 15 is 0 Å². The predicted octanol–water partition coefficient (Wildman–Crippen LogP) is 6.25. The summed E-state index contributed by atoms with van der Waals surface area (Å²) < 4.78 is 11.9. The van der Waals surface area contributed by atoms with Crippen LogP contribution in [0.2, 0.25) is 5.02 Å². The molecule has 0 fully saturated rings. The van der Waals surface area contributed by atoms with Crippen molar-refractivity contribution < 1.29 is 9.47 Å². The highest BCUT2D eigenvalue weighted by Gasteiger charge is 2.39. The van der Waals surface area contributed by atoms with Gasteiger partial charge in [0.25, 0.3) is 0 Å². The van der Waals surface area contributed by atoms with Gasteiger partial charge in [0.1, 0.15) is 0 Å². The normalized spacial score (nSPS) is 23.2. The molecule has 26 heavy (non-hydrogen) atoms. The average Bonchev–Trinajstić information content (AvgIpc) is 3.10. The van der Waals surface area contributed by atoms with Crippen LogP contribution in [0.5, 0.6) is 11.5 Å². The lowest BCUT2D eigenvalue weighted by molar-refractivity contribution is 0.351. The van der Waals surface area contributed by atoms with Gasteiger partial charge in [-0.3, -0.25) is 0 Å². The van der Waals surface area contributed by atoms with E-state index in [1.807, 2.05) is 6.07 Å². The number of rotatable bonds is 3. The first-order valence-electron chi connectivity index (χ1n) is 8.68. The second-order valence-electron chi connectivity index (χ2n) is 6.90. The van der Waals surface area contributed by atoms with E-state index in [2.05, 4.69) is 58.5 Å². The van der Waals surface area contributed by atoms with Gasteiger partial charge < -0.3 is 14.8 Å². The standard InChI is InChI=1S/C21H21BrClNO2/c1-11-7-13(23)10-16-14-5-4-6-15(14)20(24-19(11)16)12-8-17(22)21(26-3)18(9-12)25-2/h4-5,7-10,14-15,20,24H,6H2,1-3H3/t14-,15-,20+/m1/s1. The Labute approximate surface area is 167 Å². The van der Waals surface area contributed by atoms with Crippen LogP contribution in [-0.4, -0.2) is 14.2 Å². The van der Waals surface area contributed by atoms with Crippen LogP contribution in [0.4, 0.5) is 5.69 Å². The van der Waals surface area contributed by atoms with E-state index in [1.165, 1.54) is 22.4 Å². The van der Waals surface area contributed by atoms with E-state index in [0.717, 1.165) is 27.4 Å². The number of fused-ring (bicyclic) bond motifs is 3. The van der Waals surface area contributed by atoms with Crippen LogP contribution in [0, 0.1) is 12.8 Å². The third-order valence-corrected chi connectivity index (χ3v) is 6.25. The van der Waals surface area contributed by atoms with Crippen LogP contribution in [0.3, 0.4) is 0 Å². The number of hydrogen-bond donors (Lipinski definition) is 1. The van der Waals surface area contributed by atoms with Gasteiger partial charge in [-0.15, -0.1) is 0 Å². The monoisotopic (exact) mass is 433 g/mol. The molecule has 0 saturated carbocycles. The van der Waals surface area contributed by atoms with Crippen LogP contribution in [0.1, 0.15) is 35.1 Å². The molecule has 0 spiro atoms. The Hall–Kier alpha value is -1.65. The zero-order valence-electron chi connectivity index (χ0n) is 15.0. The molecule has 0 saturated heterocycles. The minimum Gasteiger partial charge on any atom is -0.493 e. The zero-order valence-corrected chi connectivity index (χ0v) is 17.3. The molecule has 4 rings (SSSR count). The van der Waals surface area contributed by atoms with E-state index in [0.29, 0.717) is 11.8 Å². The average molecular weight is 435 g/mol. The van der Waals surface area contributed by atoms with Gasteiger partial charge in [0.15, 0.2) is 11.5 Å². The van der Waals surface area contributed by atoms with Gasteiger partial charge in [-0.25, -0.2) is 0 Å². The summed E-state index contributed by atoms with van der Waals surface area (Å²) in [4.78, 5) is 0. The van der Waals surface area contributed by atoms with E-state index in [9.17, 15) is 0 Å². The number of ether oxygens (including phenoxy) is 2. The second-order valence-corrected chi connectivity index (χ2v) is 8.19. The van der Waals surface area contributed by atoms with E-state index < -0.39 is 0 Å². The number of aryl methyl sites for hydroxylation is 1. The van der Waals surface area contributed by atoms with Crippen molar-refractivity contribution in [3.8, 4) is 11.5 Å². The van der Waals surface area contributed by atoms with Crippen molar-refractivity contribution in [2.45, 2.75) is 25.3 Å². The second kappa shape index (κ2) is 6.82. The number of methoxy groups -OCH3 is 2. The van der Waals surface area contributed by atoms with Crippen molar-refractivity contribution in [2.75, 3.05) is 19.5 Å². The Morgan fingerprint density at radius 2 is 1.96 bits per heavy atom. The summed E-state index contributed by atoms with van der Waals surface area (Å²) in [5.41, 5.74) is 4.85. The molecule has 2 aromatic rings. The lowest BCUT2D eigenvalue weighted by Gasteiger charge is -2.38. The first-order chi connectivity index (χ1) is 12.5. The number of hydrogen-bond acceptors (Lipinski definition) is 3. The summed E-state index contributed by atoms with van der Waals surface area (Å²) >= 11 is 9.96. The summed E-state index contributed by atoms with van der Waals surface area (Å²) in [6, 6.07) is 8.52. The van der Waals surface area contributed by atoms with Crippen LogP contribution in [0.15, 0.2) is 40.9 Å². The van der Waals surface area contributed by atoms with Gasteiger partial charge in [0, 0.05) is 16.6 Å². The molecule has 5 heteroatoms. The summed E-state index contributed by atoms with van der Waals surface area (Å²) in [5.74, 6) is 2.28. The van der Waals surface area contributed by atoms with Crippen molar-refractivity contribution in [3.63, 3.8) is 0 Å². The van der Waals surface area contributed by atoms with Crippen LogP contribution < -0.4 is 14.8 Å². The maximum Gasteiger partial charge on any atom is 0.174 e. The Bertz CT molecular complexity index is 896. The first kappa shape index (κ1) is 17.7. The van der Waals surface area contributed by atoms with E-state index in [1.54, 1.807) is 14.2 Å². The molecule has 2 aliphatic rings. The SMILES string of the molecule is COc1cc([C@@H]2Nc3c(C)cc(Cl)cc3[C@@H]3C=CC[C@H]32)cc(Br)c1OC. The quantitative estimate of drug-likeness (QED) is 0.579. The van der Waals surface area contributed by atoms with Crippen LogP contribution >= 0.6 is 27.5 Å². The Balaban J connectivity index is 1.82. The van der Waals surface area contributed by atoms with Crippen molar-refractivity contribution >= 4 is 33.2 Å². The maximum atomic E-state index is 6.33. The summed E-state index contributed by atoms with van der Waals surface area (Å²) in [6.07, 6.45) is 5.65. The van der Waals surface area contributed by atoms with Crippen molar-refractivity contribution in [1.82, 2.24) is 0 Å². The molecule has 0 bridgehead atoms. The molecular formula is C21H21BrClNO2. The molecule has 3 atom stereocenters. The molecule has 0 aromatic heterocycles. The van der Waals surface area contributed by atoms with Crippen LogP contribution in [0.25, 0.3) is 0 Å². The Morgan fingerprint density at radius 1 is 1.15 bits per heavy atom. The topological polar surface area (TPSA) is 30.5 Å². The van der Waals surface area contributed by atoms with Crippen molar-refractivity contribution in [1.29, 1.82) is 0 Å². The number of nitrogens with one attached hydrogen (secondary N) is 1. The van der Waals surface area contributed by atoms with Gasteiger partial charge in [-0.05, 0) is 76.1 Å². The lowest BCUT2D eigenvalue weighted by atomic mass is 9.76. The number of allylic oxidation sites excluding steroid dienone is 2. The van der Waals surface area contributed by atoms with Crippen molar-refractivity contribution in [2.24, 2.45) is 5.92 Å². The molecule has 1 heterocycles. The fraction of sp³-hybridized carbons (Fsp3) is 0.333. The fourth-order valence-electron chi connectivity index (χ4n) is 4.29. The van der Waals surface area contributed by atoms with Crippen LogP contribution in [-0.2, 0) is 0 Å². The smallest absolute Gasteiger partial charge is 0.174 e. The predicted molar refractivity (Wildman–Crippen MR) is 110 cm³/mol. The minimum absolute atomic E-state index is 0.193. The molecule has 0 amide bonds. The molecule has 0 unspecified atom stereocenters. The maximum absolute atomic E-state index is 6.33. The van der Waals surface area contributed by atoms with Gasteiger partial charge >= 0.3 is 0 Å². The van der Waals surface area contributed by atoms with Gasteiger partial charge in [-0.1, -0.05) is 23.8 Å². The fourth-order valence-corrected chi connectivity index (χ4v) is 5.19. The number of halogens is 2. The molecule has 1 aliphatic heterocycles.